The van der Waals surface area contributed by atoms with Crippen LogP contribution in [-0.2, 0) is 9.53 Å². The number of ether oxygens (including phenoxy) is 1. The fourth-order valence-corrected chi connectivity index (χ4v) is 4.48. The van der Waals surface area contributed by atoms with E-state index in [1.165, 1.54) is 18.9 Å². The van der Waals surface area contributed by atoms with Gasteiger partial charge in [-0.2, -0.15) is 0 Å². The van der Waals surface area contributed by atoms with Crippen molar-refractivity contribution in [1.29, 1.82) is 0 Å². The van der Waals surface area contributed by atoms with Crippen LogP contribution in [0.25, 0.3) is 17.4 Å². The molecular formula is C24H18Cl2N2O4S. The number of nitrogens with zero attached hydrogens (tertiary/aromatic N) is 2. The highest BCUT2D eigenvalue weighted by Crippen LogP contribution is 2.35. The topological polar surface area (TPSA) is 72.1 Å². The molecule has 9 heteroatoms. The van der Waals surface area contributed by atoms with Crippen molar-refractivity contribution in [3.63, 3.8) is 0 Å². The van der Waals surface area contributed by atoms with E-state index < -0.39 is 5.97 Å². The number of hydrogen-bond acceptors (Lipinski definition) is 6. The van der Waals surface area contributed by atoms with Gasteiger partial charge in [-0.05, 0) is 73.3 Å². The quantitative estimate of drug-likeness (QED) is 0.289. The Hall–Kier alpha value is -3.00. The third-order valence-electron chi connectivity index (χ3n) is 4.82. The summed E-state index contributed by atoms with van der Waals surface area (Å²) in [6.45, 7) is 2.35. The van der Waals surface area contributed by atoms with Crippen LogP contribution in [0.4, 0.5) is 5.69 Å². The third kappa shape index (κ3) is 5.00. The first-order chi connectivity index (χ1) is 15.9. The number of furan rings is 1. The first-order valence-corrected chi connectivity index (χ1v) is 11.5. The molecule has 6 nitrogen and oxygen atoms in total. The van der Waals surface area contributed by atoms with E-state index in [9.17, 15) is 9.59 Å². The molecule has 33 heavy (non-hydrogen) atoms. The molecule has 1 fully saturated rings. The molecule has 0 spiro atoms. The summed E-state index contributed by atoms with van der Waals surface area (Å²) in [4.78, 5) is 31.2. The normalized spacial score (nSPS) is 16.1. The van der Waals surface area contributed by atoms with Crippen LogP contribution in [0, 0.1) is 0 Å². The summed E-state index contributed by atoms with van der Waals surface area (Å²) in [6, 6.07) is 15.5. The van der Waals surface area contributed by atoms with Gasteiger partial charge < -0.3 is 9.15 Å². The Bertz CT molecular complexity index is 1280. The van der Waals surface area contributed by atoms with Crippen LogP contribution in [0.15, 0.2) is 68.9 Å². The van der Waals surface area contributed by atoms with E-state index in [-0.39, 0.29) is 5.91 Å². The largest absolute Gasteiger partial charge is 0.465 e. The molecule has 0 radical (unpaired) electrons. The van der Waals surface area contributed by atoms with Crippen LogP contribution in [0.3, 0.4) is 0 Å². The van der Waals surface area contributed by atoms with Crippen molar-refractivity contribution in [2.75, 3.05) is 13.7 Å². The minimum Gasteiger partial charge on any atom is -0.465 e. The van der Waals surface area contributed by atoms with Crippen LogP contribution < -0.4 is 0 Å². The molecule has 1 saturated heterocycles. The summed E-state index contributed by atoms with van der Waals surface area (Å²) < 4.78 is 10.6. The van der Waals surface area contributed by atoms with Crippen molar-refractivity contribution < 1.29 is 18.7 Å². The number of methoxy groups -OCH3 is 1. The van der Waals surface area contributed by atoms with E-state index in [2.05, 4.69) is 4.99 Å². The second kappa shape index (κ2) is 9.87. The second-order valence-electron chi connectivity index (χ2n) is 6.92. The Balaban J connectivity index is 1.58. The van der Waals surface area contributed by atoms with Crippen LogP contribution >= 0.6 is 35.0 Å². The zero-order chi connectivity index (χ0) is 23.5. The second-order valence-corrected chi connectivity index (χ2v) is 8.75. The van der Waals surface area contributed by atoms with Gasteiger partial charge in [0.05, 0.1) is 33.3 Å². The molecular weight excluding hydrogens is 483 g/mol. The minimum absolute atomic E-state index is 0.153. The summed E-state index contributed by atoms with van der Waals surface area (Å²) in [5.41, 5.74) is 1.84. The number of likely N-dealkylation sites (N-methyl/N-ethyl adjacent to an activating group) is 1. The lowest BCUT2D eigenvalue weighted by Gasteiger charge is -2.12. The smallest absolute Gasteiger partial charge is 0.337 e. The fraction of sp³-hybridized carbons (Fsp3) is 0.125. The van der Waals surface area contributed by atoms with Gasteiger partial charge in [0.25, 0.3) is 5.91 Å². The maximum absolute atomic E-state index is 12.9. The molecule has 4 rings (SSSR count). The van der Waals surface area contributed by atoms with Crippen molar-refractivity contribution >= 4 is 63.8 Å². The van der Waals surface area contributed by atoms with Gasteiger partial charge in [-0.1, -0.05) is 23.2 Å². The number of halogens is 2. The molecule has 1 aliphatic heterocycles. The summed E-state index contributed by atoms with van der Waals surface area (Å²) in [7, 11) is 1.33. The Kier molecular flexibility index (Phi) is 6.93. The van der Waals surface area contributed by atoms with Gasteiger partial charge >= 0.3 is 5.97 Å². The van der Waals surface area contributed by atoms with Gasteiger partial charge in [0.1, 0.15) is 11.5 Å². The summed E-state index contributed by atoms with van der Waals surface area (Å²) >= 11 is 13.3. The van der Waals surface area contributed by atoms with E-state index in [1.54, 1.807) is 53.4 Å². The van der Waals surface area contributed by atoms with E-state index in [1.807, 2.05) is 19.1 Å². The summed E-state index contributed by atoms with van der Waals surface area (Å²) in [5.74, 6) is 0.577. The SMILES string of the molecule is CCN1C(=O)/C(=C\c2ccc(-c3ccc(Cl)c(Cl)c3)o2)SC1=Nc1ccc(C(=O)OC)cc1. The summed E-state index contributed by atoms with van der Waals surface area (Å²) in [5, 5.41) is 1.45. The number of hydrogen-bond donors (Lipinski definition) is 0. The number of aliphatic imine (C=N–C) groups is 1. The Morgan fingerprint density at radius 1 is 1.12 bits per heavy atom. The lowest BCUT2D eigenvalue weighted by molar-refractivity contribution is -0.122. The average Bonchev–Trinajstić information content (AvgIpc) is 3.40. The van der Waals surface area contributed by atoms with Crippen molar-refractivity contribution in [3.8, 4) is 11.3 Å². The minimum atomic E-state index is -0.418. The van der Waals surface area contributed by atoms with Crippen LogP contribution in [0.2, 0.25) is 10.0 Å². The Labute approximate surface area is 204 Å². The van der Waals surface area contributed by atoms with E-state index >= 15 is 0 Å². The number of amidine groups is 1. The zero-order valence-corrected chi connectivity index (χ0v) is 20.0. The number of carbonyl (C=O) groups is 2. The van der Waals surface area contributed by atoms with Gasteiger partial charge in [0.2, 0.25) is 0 Å². The highest BCUT2D eigenvalue weighted by Gasteiger charge is 2.32. The molecule has 0 unspecified atom stereocenters. The van der Waals surface area contributed by atoms with Crippen LogP contribution in [0.1, 0.15) is 23.0 Å². The predicted molar refractivity (Wildman–Crippen MR) is 132 cm³/mol. The van der Waals surface area contributed by atoms with Crippen molar-refractivity contribution in [3.05, 3.63) is 80.9 Å². The van der Waals surface area contributed by atoms with Crippen molar-refractivity contribution in [2.45, 2.75) is 6.92 Å². The first-order valence-electron chi connectivity index (χ1n) is 9.93. The molecule has 168 valence electrons. The number of esters is 1. The lowest BCUT2D eigenvalue weighted by atomic mass is 10.2. The molecule has 2 heterocycles. The van der Waals surface area contributed by atoms with Gasteiger partial charge in [-0.25, -0.2) is 9.79 Å². The van der Waals surface area contributed by atoms with Gasteiger partial charge in [0.15, 0.2) is 5.17 Å². The molecule has 0 N–H and O–H groups in total. The number of thioether (sulfide) groups is 1. The number of carbonyl (C=O) groups excluding carboxylic acids is 2. The van der Waals surface area contributed by atoms with Gasteiger partial charge in [-0.3, -0.25) is 9.69 Å². The highest BCUT2D eigenvalue weighted by molar-refractivity contribution is 8.18. The van der Waals surface area contributed by atoms with Crippen molar-refractivity contribution in [1.82, 2.24) is 4.90 Å². The van der Waals surface area contributed by atoms with Crippen LogP contribution in [0.5, 0.6) is 0 Å². The summed E-state index contributed by atoms with van der Waals surface area (Å²) in [6.07, 6.45) is 1.69. The predicted octanol–water partition coefficient (Wildman–Crippen LogP) is 6.66. The van der Waals surface area contributed by atoms with Crippen molar-refractivity contribution in [2.24, 2.45) is 4.99 Å². The third-order valence-corrected chi connectivity index (χ3v) is 6.57. The van der Waals surface area contributed by atoms with E-state index in [0.717, 1.165) is 5.56 Å². The lowest BCUT2D eigenvalue weighted by Crippen LogP contribution is -2.28. The van der Waals surface area contributed by atoms with Gasteiger partial charge in [0, 0.05) is 18.2 Å². The number of amides is 1. The fourth-order valence-electron chi connectivity index (χ4n) is 3.13. The Morgan fingerprint density at radius 3 is 2.55 bits per heavy atom. The molecule has 0 saturated carbocycles. The Morgan fingerprint density at radius 2 is 1.88 bits per heavy atom. The maximum Gasteiger partial charge on any atom is 0.337 e. The molecule has 2 aromatic carbocycles. The molecule has 0 bridgehead atoms. The van der Waals surface area contributed by atoms with Gasteiger partial charge in [-0.15, -0.1) is 0 Å². The monoisotopic (exact) mass is 500 g/mol. The zero-order valence-electron chi connectivity index (χ0n) is 17.7. The maximum atomic E-state index is 12.9. The number of benzene rings is 2. The molecule has 0 aliphatic carbocycles. The standard InChI is InChI=1S/C24H18Cl2N2O4S/c1-3-28-22(29)21(33-24(28)27-16-7-4-14(5-8-16)23(30)31-2)13-17-9-11-20(32-17)15-6-10-18(25)19(26)12-15/h4-13H,3H2,1-2H3/b21-13+,27-24?. The van der Waals surface area contributed by atoms with E-state index in [4.69, 9.17) is 32.4 Å². The molecule has 1 amide bonds. The van der Waals surface area contributed by atoms with Crippen LogP contribution in [-0.4, -0.2) is 35.6 Å². The highest BCUT2D eigenvalue weighted by atomic mass is 35.5. The number of rotatable bonds is 5. The van der Waals surface area contributed by atoms with E-state index in [0.29, 0.717) is 49.4 Å². The molecule has 1 aromatic heterocycles. The molecule has 1 aliphatic rings. The first kappa shape index (κ1) is 23.2. The molecule has 3 aromatic rings. The molecule has 0 atom stereocenters. The average molecular weight is 501 g/mol.